The lowest BCUT2D eigenvalue weighted by Gasteiger charge is -2.42. The number of halogens is 4. The molecule has 2 amide bonds. The molecule has 5 heterocycles. The number of hydrogen-bond acceptors (Lipinski definition) is 7. The Morgan fingerprint density at radius 3 is 2.59 bits per heavy atom. The summed E-state index contributed by atoms with van der Waals surface area (Å²) in [4.78, 5) is 35.2. The van der Waals surface area contributed by atoms with E-state index in [2.05, 4.69) is 20.7 Å². The van der Waals surface area contributed by atoms with Gasteiger partial charge in [-0.3, -0.25) is 19.9 Å². The molecule has 0 aliphatic carbocycles. The molecule has 0 saturated carbocycles. The van der Waals surface area contributed by atoms with Gasteiger partial charge in [0.1, 0.15) is 5.82 Å². The smallest absolute Gasteiger partial charge is 0.373 e. The maximum Gasteiger partial charge on any atom is 0.402 e. The molecule has 0 aromatic carbocycles. The van der Waals surface area contributed by atoms with Crippen LogP contribution in [0.1, 0.15) is 32.1 Å². The third-order valence-corrected chi connectivity index (χ3v) is 8.17. The van der Waals surface area contributed by atoms with E-state index in [1.165, 1.54) is 0 Å². The highest BCUT2D eigenvalue weighted by Gasteiger charge is 2.55. The van der Waals surface area contributed by atoms with E-state index >= 15 is 0 Å². The summed E-state index contributed by atoms with van der Waals surface area (Å²) < 4.78 is 47.4. The van der Waals surface area contributed by atoms with Gasteiger partial charge in [-0.05, 0) is 44.4 Å². The SMILES string of the molecule is O=C1NNCC(N2CCC[C@H]2[C@H]2CC[C@H](CC(=O)N3CCN(c4ccc(Cl)cn4)CC3)O2)C1C(F)(F)F. The first-order chi connectivity index (χ1) is 17.7. The molecule has 4 fully saturated rings. The first-order valence-corrected chi connectivity index (χ1v) is 13.2. The number of aromatic nitrogens is 1. The Kier molecular flexibility index (Phi) is 7.80. The van der Waals surface area contributed by atoms with E-state index in [0.29, 0.717) is 57.0 Å². The van der Waals surface area contributed by atoms with Crippen LogP contribution in [0.2, 0.25) is 5.02 Å². The number of nitrogens with one attached hydrogen (secondary N) is 2. The van der Waals surface area contributed by atoms with Gasteiger partial charge in [0.25, 0.3) is 0 Å². The van der Waals surface area contributed by atoms with Crippen molar-refractivity contribution in [1.29, 1.82) is 0 Å². The van der Waals surface area contributed by atoms with Crippen LogP contribution in [0.5, 0.6) is 0 Å². The van der Waals surface area contributed by atoms with E-state index in [1.807, 2.05) is 15.9 Å². The number of rotatable bonds is 5. The lowest BCUT2D eigenvalue weighted by molar-refractivity contribution is -0.202. The number of anilines is 1. The average Bonchev–Trinajstić information content (AvgIpc) is 3.53. The summed E-state index contributed by atoms with van der Waals surface area (Å²) in [6.07, 6.45) is -0.382. The summed E-state index contributed by atoms with van der Waals surface area (Å²) >= 11 is 5.91. The van der Waals surface area contributed by atoms with Crippen molar-refractivity contribution < 1.29 is 27.5 Å². The predicted octanol–water partition coefficient (Wildman–Crippen LogP) is 1.97. The van der Waals surface area contributed by atoms with Gasteiger partial charge in [-0.2, -0.15) is 13.2 Å². The summed E-state index contributed by atoms with van der Waals surface area (Å²) in [7, 11) is 0. The number of hydrazine groups is 1. The molecule has 4 saturated heterocycles. The molecule has 2 unspecified atom stereocenters. The van der Waals surface area contributed by atoms with Crippen LogP contribution in [0.3, 0.4) is 0 Å². The van der Waals surface area contributed by atoms with Gasteiger partial charge in [0, 0.05) is 51.0 Å². The molecule has 204 valence electrons. The number of ether oxygens (including phenoxy) is 1. The van der Waals surface area contributed by atoms with E-state index in [4.69, 9.17) is 16.3 Å². The number of carbonyl (C=O) groups is 2. The molecule has 4 aliphatic rings. The fourth-order valence-corrected chi connectivity index (χ4v) is 6.26. The molecule has 0 radical (unpaired) electrons. The van der Waals surface area contributed by atoms with E-state index in [9.17, 15) is 22.8 Å². The Bertz CT molecular complexity index is 975. The van der Waals surface area contributed by atoms with Gasteiger partial charge in [-0.1, -0.05) is 11.6 Å². The van der Waals surface area contributed by atoms with Gasteiger partial charge in [0.05, 0.1) is 23.7 Å². The molecule has 5 atom stereocenters. The van der Waals surface area contributed by atoms with E-state index < -0.39 is 24.0 Å². The highest BCUT2D eigenvalue weighted by atomic mass is 35.5. The number of likely N-dealkylation sites (tertiary alicyclic amines) is 1. The molecule has 2 N–H and O–H groups in total. The molecule has 4 aliphatic heterocycles. The van der Waals surface area contributed by atoms with Crippen molar-refractivity contribution in [1.82, 2.24) is 25.6 Å². The predicted molar refractivity (Wildman–Crippen MR) is 130 cm³/mol. The van der Waals surface area contributed by atoms with Crippen LogP contribution in [-0.4, -0.2) is 96.3 Å². The summed E-state index contributed by atoms with van der Waals surface area (Å²) in [5.74, 6) is -2.26. The minimum absolute atomic E-state index is 0.0264. The van der Waals surface area contributed by atoms with Crippen molar-refractivity contribution in [2.75, 3.05) is 44.2 Å². The van der Waals surface area contributed by atoms with Crippen molar-refractivity contribution in [2.24, 2.45) is 5.92 Å². The van der Waals surface area contributed by atoms with Crippen LogP contribution in [0, 0.1) is 5.92 Å². The summed E-state index contributed by atoms with van der Waals surface area (Å²) in [6.45, 7) is 3.05. The second-order valence-electron chi connectivity index (χ2n) is 10.2. The minimum atomic E-state index is -4.62. The van der Waals surface area contributed by atoms with Gasteiger partial charge < -0.3 is 14.5 Å². The van der Waals surface area contributed by atoms with Crippen LogP contribution in [0.15, 0.2) is 18.3 Å². The molecule has 37 heavy (non-hydrogen) atoms. The molecule has 13 heteroatoms. The van der Waals surface area contributed by atoms with Gasteiger partial charge in [0.2, 0.25) is 11.8 Å². The van der Waals surface area contributed by atoms with Gasteiger partial charge >= 0.3 is 6.18 Å². The maximum absolute atomic E-state index is 13.7. The van der Waals surface area contributed by atoms with Gasteiger partial charge in [-0.25, -0.2) is 10.4 Å². The summed E-state index contributed by atoms with van der Waals surface area (Å²) in [5, 5.41) is 0.578. The monoisotopic (exact) mass is 544 g/mol. The second-order valence-corrected chi connectivity index (χ2v) is 10.6. The van der Waals surface area contributed by atoms with Crippen molar-refractivity contribution in [3.8, 4) is 0 Å². The van der Waals surface area contributed by atoms with Crippen molar-refractivity contribution in [3.05, 3.63) is 23.4 Å². The molecule has 1 aromatic rings. The van der Waals surface area contributed by atoms with Gasteiger partial charge in [-0.15, -0.1) is 0 Å². The Morgan fingerprint density at radius 1 is 1.11 bits per heavy atom. The van der Waals surface area contributed by atoms with E-state index in [0.717, 1.165) is 12.2 Å². The van der Waals surface area contributed by atoms with Crippen LogP contribution in [0.4, 0.5) is 19.0 Å². The Hall–Kier alpha value is -2.15. The lowest BCUT2D eigenvalue weighted by atomic mass is 9.93. The fourth-order valence-electron chi connectivity index (χ4n) is 6.15. The average molecular weight is 545 g/mol. The molecule has 1 aromatic heterocycles. The standard InChI is InChI=1S/C24H32ClF3N6O3/c25-15-3-6-20(29-13-15)32-8-10-33(11-9-32)21(35)12-16-4-5-19(37-16)17-2-1-7-34(17)18-14-30-31-23(36)22(18)24(26,27)28/h3,6,13,16-19,22,30H,1-2,4-5,7-12,14H2,(H,31,36)/t16-,17+,18?,19-,22?/m1/s1. The molecular formula is C24H32ClF3N6O3. The summed E-state index contributed by atoms with van der Waals surface area (Å²) in [6, 6.07) is 2.49. The zero-order valence-electron chi connectivity index (χ0n) is 20.4. The van der Waals surface area contributed by atoms with E-state index in [1.54, 1.807) is 12.3 Å². The normalized spacial score (nSPS) is 31.6. The third-order valence-electron chi connectivity index (χ3n) is 7.95. The quantitative estimate of drug-likeness (QED) is 0.586. The first-order valence-electron chi connectivity index (χ1n) is 12.9. The molecule has 0 spiro atoms. The molecular weight excluding hydrogens is 513 g/mol. The fraction of sp³-hybridized carbons (Fsp3) is 0.708. The number of piperazine rings is 1. The van der Waals surface area contributed by atoms with Crippen LogP contribution >= 0.6 is 11.6 Å². The first kappa shape index (κ1) is 26.5. The molecule has 9 nitrogen and oxygen atoms in total. The highest BCUT2D eigenvalue weighted by Crippen LogP contribution is 2.38. The van der Waals surface area contributed by atoms with Crippen LogP contribution < -0.4 is 15.8 Å². The third kappa shape index (κ3) is 5.81. The van der Waals surface area contributed by atoms with Crippen molar-refractivity contribution in [2.45, 2.75) is 62.6 Å². The van der Waals surface area contributed by atoms with Crippen LogP contribution in [-0.2, 0) is 14.3 Å². The van der Waals surface area contributed by atoms with Gasteiger partial charge in [0.15, 0.2) is 5.92 Å². The van der Waals surface area contributed by atoms with Crippen molar-refractivity contribution >= 4 is 29.2 Å². The Labute approximate surface area is 218 Å². The zero-order valence-corrected chi connectivity index (χ0v) is 21.2. The minimum Gasteiger partial charge on any atom is -0.373 e. The number of hydrogen-bond donors (Lipinski definition) is 2. The number of pyridine rings is 1. The second kappa shape index (κ2) is 10.9. The summed E-state index contributed by atoms with van der Waals surface area (Å²) in [5.41, 5.74) is 4.75. The van der Waals surface area contributed by atoms with Crippen molar-refractivity contribution in [3.63, 3.8) is 0 Å². The molecule has 5 rings (SSSR count). The number of amides is 2. The number of carbonyl (C=O) groups excluding carboxylic acids is 2. The maximum atomic E-state index is 13.7. The Balaban J connectivity index is 1.14. The zero-order chi connectivity index (χ0) is 26.2. The Morgan fingerprint density at radius 2 is 1.89 bits per heavy atom. The van der Waals surface area contributed by atoms with E-state index in [-0.39, 0.29) is 37.1 Å². The highest BCUT2D eigenvalue weighted by molar-refractivity contribution is 6.30. The molecule has 0 bridgehead atoms. The largest absolute Gasteiger partial charge is 0.402 e. The number of nitrogens with zero attached hydrogens (tertiary/aromatic N) is 4. The number of alkyl halides is 3. The topological polar surface area (TPSA) is 90.0 Å². The lowest BCUT2D eigenvalue weighted by Crippen LogP contribution is -2.65. The van der Waals surface area contributed by atoms with Crippen LogP contribution in [0.25, 0.3) is 0 Å².